The second-order valence-electron chi connectivity index (χ2n) is 16.9. The number of likely N-dealkylation sites (tertiary alicyclic amines) is 2. The number of hydrogen-bond acceptors (Lipinski definition) is 11. The van der Waals surface area contributed by atoms with Crippen molar-refractivity contribution in [3.63, 3.8) is 0 Å². The number of nitrogens with one attached hydrogen (secondary N) is 3. The molecular weight excluding hydrogens is 816 g/mol. The van der Waals surface area contributed by atoms with Crippen LogP contribution in [0.4, 0.5) is 15.8 Å². The van der Waals surface area contributed by atoms with E-state index < -0.39 is 32.9 Å². The van der Waals surface area contributed by atoms with Crippen molar-refractivity contribution in [2.24, 2.45) is 5.92 Å². The summed E-state index contributed by atoms with van der Waals surface area (Å²) in [5, 5.41) is 15.2. The molecule has 3 aromatic carbocycles. The number of rotatable bonds is 13. The number of piperidine rings is 3. The number of imide groups is 1. The predicted molar refractivity (Wildman–Crippen MR) is 231 cm³/mol. The molecule has 1 aliphatic carbocycles. The molecule has 3 saturated heterocycles. The van der Waals surface area contributed by atoms with Crippen LogP contribution in [0.3, 0.4) is 0 Å². The Hall–Kier alpha value is -5.86. The van der Waals surface area contributed by atoms with Gasteiger partial charge in [-0.3, -0.25) is 38.7 Å². The van der Waals surface area contributed by atoms with Crippen molar-refractivity contribution in [2.45, 2.75) is 94.4 Å². The molecule has 0 radical (unpaired) electrons. The summed E-state index contributed by atoms with van der Waals surface area (Å²) in [5.74, 6) is -0.882. The first kappa shape index (κ1) is 42.8. The zero-order valence-corrected chi connectivity index (χ0v) is 35.3. The van der Waals surface area contributed by atoms with E-state index >= 15 is 4.39 Å². The number of sulfonamides is 1. The van der Waals surface area contributed by atoms with Gasteiger partial charge < -0.3 is 15.0 Å². The van der Waals surface area contributed by atoms with Gasteiger partial charge in [-0.2, -0.15) is 5.26 Å². The molecule has 326 valence electrons. The minimum atomic E-state index is -3.79. The normalized spacial score (nSPS) is 19.6. The third kappa shape index (κ3) is 9.76. The maximum Gasteiger partial charge on any atom is 0.261 e. The number of nitriles is 1. The fourth-order valence-corrected chi connectivity index (χ4v) is 10.8. The van der Waals surface area contributed by atoms with Crippen LogP contribution < -0.4 is 25.7 Å². The van der Waals surface area contributed by atoms with Gasteiger partial charge in [-0.15, -0.1) is 0 Å². The molecule has 1 saturated carbocycles. The average molecular weight is 867 g/mol. The minimum Gasteiger partial charge on any atom is -0.453 e. The third-order valence-corrected chi connectivity index (χ3v) is 14.7. The molecule has 17 heteroatoms. The van der Waals surface area contributed by atoms with Crippen LogP contribution in [0.5, 0.6) is 11.5 Å². The SMILES string of the molecule is N#Cc1c(NS(=O)(=O)C2CCCC2)ccc(F)c1Oc1ccc2ncn(CCC3CCN(C(=O)CN4CCC(c5ccc(NC6CCC(=O)NC6=O)cc5)CC4)CC3)c(=O)c2c1. The second kappa shape index (κ2) is 18.6. The summed E-state index contributed by atoms with van der Waals surface area (Å²) in [6, 6.07) is 16.4. The van der Waals surface area contributed by atoms with Gasteiger partial charge in [0.1, 0.15) is 23.4 Å². The Morgan fingerprint density at radius 3 is 2.39 bits per heavy atom. The number of nitrogens with zero attached hydrogens (tertiary/aromatic N) is 5. The van der Waals surface area contributed by atoms with Crippen LogP contribution in [0.2, 0.25) is 0 Å². The highest BCUT2D eigenvalue weighted by Crippen LogP contribution is 2.36. The first-order chi connectivity index (χ1) is 29.9. The zero-order chi connectivity index (χ0) is 43.4. The Kier molecular flexibility index (Phi) is 12.9. The Labute approximate surface area is 359 Å². The Morgan fingerprint density at radius 1 is 0.935 bits per heavy atom. The molecule has 4 heterocycles. The molecule has 3 aliphatic heterocycles. The largest absolute Gasteiger partial charge is 0.453 e. The average Bonchev–Trinajstić information content (AvgIpc) is 3.84. The van der Waals surface area contributed by atoms with Gasteiger partial charge in [-0.05, 0) is 124 Å². The molecule has 4 aromatic rings. The number of anilines is 2. The number of benzene rings is 3. The highest BCUT2D eigenvalue weighted by Gasteiger charge is 2.31. The lowest BCUT2D eigenvalue weighted by Gasteiger charge is -2.36. The number of halogens is 1. The van der Waals surface area contributed by atoms with Crippen molar-refractivity contribution in [1.29, 1.82) is 5.26 Å². The second-order valence-corrected chi connectivity index (χ2v) is 18.9. The minimum absolute atomic E-state index is 0.0729. The number of carbonyl (C=O) groups is 3. The molecule has 15 nitrogen and oxygen atoms in total. The van der Waals surface area contributed by atoms with Crippen LogP contribution in [0.1, 0.15) is 87.7 Å². The number of hydrogen-bond donors (Lipinski definition) is 3. The summed E-state index contributed by atoms with van der Waals surface area (Å²) >= 11 is 0. The zero-order valence-electron chi connectivity index (χ0n) is 34.5. The van der Waals surface area contributed by atoms with E-state index in [4.69, 9.17) is 4.74 Å². The molecule has 1 atom stereocenters. The number of ether oxygens (including phenoxy) is 1. The summed E-state index contributed by atoms with van der Waals surface area (Å²) in [5.41, 5.74) is 1.83. The van der Waals surface area contributed by atoms with Crippen molar-refractivity contribution >= 4 is 50.0 Å². The van der Waals surface area contributed by atoms with Crippen LogP contribution in [-0.2, 0) is 31.0 Å². The Balaban J connectivity index is 0.804. The molecule has 1 aromatic heterocycles. The summed E-state index contributed by atoms with van der Waals surface area (Å²) < 4.78 is 50.9. The maximum atomic E-state index is 15.1. The fourth-order valence-electron chi connectivity index (χ4n) is 9.16. The van der Waals surface area contributed by atoms with Crippen LogP contribution in [-0.4, -0.2) is 89.5 Å². The van der Waals surface area contributed by atoms with Crippen LogP contribution in [0.25, 0.3) is 10.9 Å². The first-order valence-corrected chi connectivity index (χ1v) is 23.1. The number of fused-ring (bicyclic) bond motifs is 1. The van der Waals surface area contributed by atoms with Gasteiger partial charge in [0.15, 0.2) is 11.6 Å². The van der Waals surface area contributed by atoms with Crippen molar-refractivity contribution in [3.8, 4) is 17.6 Å². The molecule has 1 unspecified atom stereocenters. The topological polar surface area (TPSA) is 196 Å². The number of aromatic nitrogens is 2. The summed E-state index contributed by atoms with van der Waals surface area (Å²) in [4.78, 5) is 59.2. The molecule has 0 bridgehead atoms. The van der Waals surface area contributed by atoms with Gasteiger partial charge in [0.05, 0.1) is 34.7 Å². The summed E-state index contributed by atoms with van der Waals surface area (Å²) in [6.07, 6.45) is 9.24. The number of carbonyl (C=O) groups excluding carboxylic acids is 3. The van der Waals surface area contributed by atoms with Crippen LogP contribution >= 0.6 is 0 Å². The van der Waals surface area contributed by atoms with Gasteiger partial charge in [0.25, 0.3) is 5.56 Å². The number of amides is 3. The fraction of sp³-hybridized carbons (Fsp3) is 0.467. The maximum absolute atomic E-state index is 15.1. The van der Waals surface area contributed by atoms with Gasteiger partial charge in [-0.1, -0.05) is 25.0 Å². The van der Waals surface area contributed by atoms with Crippen LogP contribution in [0.15, 0.2) is 65.7 Å². The van der Waals surface area contributed by atoms with E-state index in [-0.39, 0.29) is 45.7 Å². The van der Waals surface area contributed by atoms with E-state index in [9.17, 15) is 32.9 Å². The summed E-state index contributed by atoms with van der Waals surface area (Å²) in [7, 11) is -3.79. The van der Waals surface area contributed by atoms with Gasteiger partial charge in [-0.25, -0.2) is 17.8 Å². The van der Waals surface area contributed by atoms with E-state index in [1.807, 2.05) is 23.1 Å². The molecule has 8 rings (SSSR count). The van der Waals surface area contributed by atoms with E-state index in [0.29, 0.717) is 69.2 Å². The predicted octanol–water partition coefficient (Wildman–Crippen LogP) is 5.61. The smallest absolute Gasteiger partial charge is 0.261 e. The Morgan fingerprint density at radius 2 is 1.68 bits per heavy atom. The van der Waals surface area contributed by atoms with Gasteiger partial charge >= 0.3 is 0 Å². The Bertz CT molecular complexity index is 2540. The van der Waals surface area contributed by atoms with Crippen molar-refractivity contribution in [1.82, 2.24) is 24.7 Å². The quantitative estimate of drug-likeness (QED) is 0.141. The number of aryl methyl sites for hydroxylation is 1. The summed E-state index contributed by atoms with van der Waals surface area (Å²) in [6.45, 7) is 3.81. The van der Waals surface area contributed by atoms with Crippen molar-refractivity contribution in [3.05, 3.63) is 88.2 Å². The molecule has 3 N–H and O–H groups in total. The van der Waals surface area contributed by atoms with Gasteiger partial charge in [0.2, 0.25) is 27.7 Å². The van der Waals surface area contributed by atoms with E-state index in [0.717, 1.165) is 69.8 Å². The van der Waals surface area contributed by atoms with Crippen molar-refractivity contribution in [2.75, 3.05) is 42.8 Å². The van der Waals surface area contributed by atoms with E-state index in [1.165, 1.54) is 30.1 Å². The standard InChI is InChI=1S/C45H51FN8O7S/c46-37-10-12-39(51-62(59,60)34-3-1-2-4-34)36(26-47)43(37)61-33-9-11-38-35(25-33)45(58)54(28-48-38)24-17-29-15-22-53(23-16-29)42(56)27-52-20-18-31(19-21-52)30-5-7-32(8-6-30)49-40-13-14-41(55)50-44(40)57/h5-12,25,28-29,31,34,40,49,51H,1-4,13-24,27H2,(H,50,55,57). The highest BCUT2D eigenvalue weighted by molar-refractivity contribution is 7.93. The molecule has 0 spiro atoms. The van der Waals surface area contributed by atoms with Crippen LogP contribution in [0, 0.1) is 23.1 Å². The molecule has 4 aliphatic rings. The lowest BCUT2D eigenvalue weighted by Crippen LogP contribution is -2.47. The van der Waals surface area contributed by atoms with Gasteiger partial charge in [0, 0.05) is 31.7 Å². The lowest BCUT2D eigenvalue weighted by atomic mass is 9.89. The molecule has 3 amide bonds. The highest BCUT2D eigenvalue weighted by atomic mass is 32.2. The first-order valence-electron chi connectivity index (χ1n) is 21.6. The molecular formula is C45H51FN8O7S. The van der Waals surface area contributed by atoms with E-state index in [2.05, 4.69) is 37.4 Å². The van der Waals surface area contributed by atoms with Crippen molar-refractivity contribution < 1.29 is 31.9 Å². The lowest BCUT2D eigenvalue weighted by molar-refractivity contribution is -0.135. The molecule has 62 heavy (non-hydrogen) atoms. The van der Waals surface area contributed by atoms with E-state index in [1.54, 1.807) is 10.6 Å². The third-order valence-electron chi connectivity index (χ3n) is 12.9. The molecule has 4 fully saturated rings. The monoisotopic (exact) mass is 866 g/mol.